The fourth-order valence-electron chi connectivity index (χ4n) is 0.755. The quantitative estimate of drug-likeness (QED) is 0.248. The predicted octanol–water partition coefficient (Wildman–Crippen LogP) is -3.42. The van der Waals surface area contributed by atoms with E-state index in [1.807, 2.05) is 0 Å². The van der Waals surface area contributed by atoms with E-state index in [4.69, 9.17) is 30.6 Å². The molecular formula is C10H20O8. The summed E-state index contributed by atoms with van der Waals surface area (Å²) in [5.74, 6) is 0. The van der Waals surface area contributed by atoms with E-state index >= 15 is 0 Å². The van der Waals surface area contributed by atoms with Crippen LogP contribution in [-0.2, 0) is 9.59 Å². The van der Waals surface area contributed by atoms with Gasteiger partial charge in [0.15, 0.2) is 0 Å². The van der Waals surface area contributed by atoms with Crippen LogP contribution in [0.4, 0.5) is 0 Å². The molecule has 0 aliphatic rings. The van der Waals surface area contributed by atoms with E-state index in [1.54, 1.807) is 0 Å². The molecule has 0 saturated carbocycles. The molecule has 0 aliphatic heterocycles. The van der Waals surface area contributed by atoms with Gasteiger partial charge in [-0.25, -0.2) is 0 Å². The molecule has 6 N–H and O–H groups in total. The molecule has 0 aliphatic carbocycles. The van der Waals surface area contributed by atoms with Crippen LogP contribution in [0.3, 0.4) is 0 Å². The van der Waals surface area contributed by atoms with Gasteiger partial charge in [0.2, 0.25) is 0 Å². The lowest BCUT2D eigenvalue weighted by Gasteiger charge is -2.11. The van der Waals surface area contributed by atoms with Gasteiger partial charge in [-0.2, -0.15) is 0 Å². The van der Waals surface area contributed by atoms with Crippen molar-refractivity contribution < 1.29 is 40.2 Å². The number of aliphatic hydroxyl groups excluding tert-OH is 6. The first-order valence-corrected chi connectivity index (χ1v) is 5.25. The average molecular weight is 268 g/mol. The first kappa shape index (κ1) is 19.4. The lowest BCUT2D eigenvalue weighted by molar-refractivity contribution is -0.112. The summed E-state index contributed by atoms with van der Waals surface area (Å²) < 4.78 is 0. The van der Waals surface area contributed by atoms with Crippen LogP contribution in [0.25, 0.3) is 0 Å². The van der Waals surface area contributed by atoms with Gasteiger partial charge >= 0.3 is 0 Å². The molecule has 0 amide bonds. The summed E-state index contributed by atoms with van der Waals surface area (Å²) in [6.45, 7) is -1.04. The van der Waals surface area contributed by atoms with Crippen LogP contribution in [0.2, 0.25) is 0 Å². The zero-order valence-electron chi connectivity index (χ0n) is 9.79. The lowest BCUT2D eigenvalue weighted by atomic mass is 10.2. The summed E-state index contributed by atoms with van der Waals surface area (Å²) in [5.41, 5.74) is 0. The normalized spacial score (nSPS) is 16.8. The largest absolute Gasteiger partial charge is 0.394 e. The fraction of sp³-hybridized carbons (Fsp3) is 0.800. The van der Waals surface area contributed by atoms with Crippen molar-refractivity contribution in [3.63, 3.8) is 0 Å². The van der Waals surface area contributed by atoms with Gasteiger partial charge in [-0.3, -0.25) is 0 Å². The van der Waals surface area contributed by atoms with Crippen molar-refractivity contribution in [3.05, 3.63) is 0 Å². The van der Waals surface area contributed by atoms with Crippen molar-refractivity contribution in [2.45, 2.75) is 37.3 Å². The van der Waals surface area contributed by atoms with E-state index in [9.17, 15) is 9.59 Å². The van der Waals surface area contributed by atoms with E-state index in [0.717, 1.165) is 0 Å². The molecule has 18 heavy (non-hydrogen) atoms. The Hall–Kier alpha value is -0.900. The number of aldehydes is 2. The van der Waals surface area contributed by atoms with Gasteiger partial charge in [-0.15, -0.1) is 0 Å². The van der Waals surface area contributed by atoms with Crippen molar-refractivity contribution >= 4 is 12.6 Å². The van der Waals surface area contributed by atoms with Crippen molar-refractivity contribution in [2.24, 2.45) is 0 Å². The molecule has 0 rings (SSSR count). The Morgan fingerprint density at radius 3 is 1.11 bits per heavy atom. The van der Waals surface area contributed by atoms with E-state index in [1.165, 1.54) is 0 Å². The second kappa shape index (κ2) is 12.6. The van der Waals surface area contributed by atoms with E-state index in [2.05, 4.69) is 0 Å². The maximum atomic E-state index is 9.68. The first-order chi connectivity index (χ1) is 8.44. The van der Waals surface area contributed by atoms with Crippen LogP contribution in [0.5, 0.6) is 0 Å². The van der Waals surface area contributed by atoms with Crippen LogP contribution >= 0.6 is 0 Å². The first-order valence-electron chi connectivity index (χ1n) is 5.25. The molecular weight excluding hydrogens is 248 g/mol. The van der Waals surface area contributed by atoms with Crippen molar-refractivity contribution in [1.29, 1.82) is 0 Å². The molecule has 0 fully saturated rings. The Balaban J connectivity index is 0. The molecule has 108 valence electrons. The molecule has 8 nitrogen and oxygen atoms in total. The molecule has 0 saturated heterocycles. The minimum absolute atomic E-state index is 0.137. The monoisotopic (exact) mass is 268 g/mol. The van der Waals surface area contributed by atoms with E-state index < -0.39 is 37.6 Å². The second-order valence-electron chi connectivity index (χ2n) is 3.44. The van der Waals surface area contributed by atoms with Crippen LogP contribution < -0.4 is 0 Å². The fourth-order valence-corrected chi connectivity index (χ4v) is 0.755. The highest BCUT2D eigenvalue weighted by molar-refractivity contribution is 5.50. The summed E-state index contributed by atoms with van der Waals surface area (Å²) >= 11 is 0. The summed E-state index contributed by atoms with van der Waals surface area (Å²) in [7, 11) is 0. The zero-order chi connectivity index (χ0) is 14.6. The minimum Gasteiger partial charge on any atom is -0.394 e. The summed E-state index contributed by atoms with van der Waals surface area (Å²) in [6.07, 6.45) is -3.96. The highest BCUT2D eigenvalue weighted by Crippen LogP contribution is 1.95. The van der Waals surface area contributed by atoms with Gasteiger partial charge in [-0.05, 0) is 0 Å². The van der Waals surface area contributed by atoms with Gasteiger partial charge in [0.05, 0.1) is 25.4 Å². The smallest absolute Gasteiger partial charge is 0.122 e. The summed E-state index contributed by atoms with van der Waals surface area (Å²) in [5, 5.41) is 51.0. The third-order valence-electron chi connectivity index (χ3n) is 1.94. The SMILES string of the molecule is O=CCC(O)C(O)CO.O=CC[C@H](O)[C@H](O)CO. The number of hydrogen-bond acceptors (Lipinski definition) is 8. The summed E-state index contributed by atoms with van der Waals surface area (Å²) in [6, 6.07) is 0. The number of aliphatic hydroxyl groups is 6. The zero-order valence-corrected chi connectivity index (χ0v) is 9.79. The van der Waals surface area contributed by atoms with E-state index in [-0.39, 0.29) is 12.8 Å². The van der Waals surface area contributed by atoms with Crippen LogP contribution in [0, 0.1) is 0 Å². The number of carbonyl (C=O) groups is 2. The van der Waals surface area contributed by atoms with Crippen molar-refractivity contribution in [1.82, 2.24) is 0 Å². The molecule has 0 aromatic rings. The molecule has 4 atom stereocenters. The number of rotatable bonds is 8. The summed E-state index contributed by atoms with van der Waals surface area (Å²) in [4.78, 5) is 19.4. The molecule has 0 bridgehead atoms. The maximum absolute atomic E-state index is 9.68. The van der Waals surface area contributed by atoms with Gasteiger partial charge < -0.3 is 40.2 Å². The second-order valence-corrected chi connectivity index (χ2v) is 3.44. The third kappa shape index (κ3) is 10.3. The van der Waals surface area contributed by atoms with Crippen LogP contribution in [0.15, 0.2) is 0 Å². The molecule has 0 aromatic heterocycles. The predicted molar refractivity (Wildman–Crippen MR) is 59.6 cm³/mol. The Morgan fingerprint density at radius 1 is 0.667 bits per heavy atom. The van der Waals surface area contributed by atoms with Crippen LogP contribution in [-0.4, -0.2) is 80.8 Å². The Bertz CT molecular complexity index is 188. The van der Waals surface area contributed by atoms with Crippen LogP contribution in [0.1, 0.15) is 12.8 Å². The molecule has 8 heteroatoms. The standard InChI is InChI=1S/2C5H10O4/c2*6-2-1-4(8)5(9)3-7/h2*2,4-5,7-9H,1,3H2/t4-,5+;/m0./s1. The topological polar surface area (TPSA) is 156 Å². The average Bonchev–Trinajstić information content (AvgIpc) is 2.38. The van der Waals surface area contributed by atoms with Gasteiger partial charge in [0, 0.05) is 12.8 Å². The van der Waals surface area contributed by atoms with Gasteiger partial charge in [0.25, 0.3) is 0 Å². The van der Waals surface area contributed by atoms with Crippen molar-refractivity contribution in [2.75, 3.05) is 13.2 Å². The molecule has 0 radical (unpaired) electrons. The maximum Gasteiger partial charge on any atom is 0.122 e. The molecule has 0 heterocycles. The number of hydrogen-bond donors (Lipinski definition) is 6. The third-order valence-corrected chi connectivity index (χ3v) is 1.94. The Labute approximate surface area is 104 Å². The van der Waals surface area contributed by atoms with E-state index in [0.29, 0.717) is 12.6 Å². The van der Waals surface area contributed by atoms with Gasteiger partial charge in [-0.1, -0.05) is 0 Å². The molecule has 2 unspecified atom stereocenters. The lowest BCUT2D eigenvalue weighted by Crippen LogP contribution is -2.29. The highest BCUT2D eigenvalue weighted by atomic mass is 16.4. The number of carbonyl (C=O) groups excluding carboxylic acids is 2. The van der Waals surface area contributed by atoms with Crippen molar-refractivity contribution in [3.8, 4) is 0 Å². The Kier molecular flexibility index (Phi) is 13.6. The highest BCUT2D eigenvalue weighted by Gasteiger charge is 2.13. The minimum atomic E-state index is -1.20. The molecule has 0 spiro atoms. The Morgan fingerprint density at radius 2 is 0.944 bits per heavy atom. The van der Waals surface area contributed by atoms with Gasteiger partial charge in [0.1, 0.15) is 24.8 Å². The molecule has 0 aromatic carbocycles.